The molecule has 2 unspecified atom stereocenters. The number of carbonyl (C=O) groups is 2. The van der Waals surface area contributed by atoms with Gasteiger partial charge in [-0.1, -0.05) is 13.8 Å². The van der Waals surface area contributed by atoms with E-state index in [0.717, 1.165) is 0 Å². The zero-order chi connectivity index (χ0) is 14.1. The molecule has 0 rings (SSSR count). The maximum absolute atomic E-state index is 12.0. The Balaban J connectivity index is 4.94. The van der Waals surface area contributed by atoms with Crippen LogP contribution in [0, 0.1) is 5.92 Å². The van der Waals surface area contributed by atoms with E-state index in [4.69, 9.17) is 9.47 Å². The maximum atomic E-state index is 12.0. The highest BCUT2D eigenvalue weighted by atomic mass is 16.5. The molecule has 2 atom stereocenters. The number of hydrogen-bond acceptors (Lipinski definition) is 5. The second-order valence-electron chi connectivity index (χ2n) is 3.96. The number of nitrogens with zero attached hydrogens (tertiary/aromatic N) is 1. The van der Waals surface area contributed by atoms with Crippen molar-refractivity contribution >= 4 is 11.9 Å². The van der Waals surface area contributed by atoms with Gasteiger partial charge < -0.3 is 9.47 Å². The van der Waals surface area contributed by atoms with Crippen molar-refractivity contribution in [3.05, 3.63) is 0 Å². The third-order valence-electron chi connectivity index (χ3n) is 2.87. The van der Waals surface area contributed by atoms with E-state index in [9.17, 15) is 9.59 Å². The number of rotatable bonds is 8. The van der Waals surface area contributed by atoms with Gasteiger partial charge >= 0.3 is 11.9 Å². The van der Waals surface area contributed by atoms with E-state index < -0.39 is 12.0 Å². The van der Waals surface area contributed by atoms with Crippen molar-refractivity contribution in [2.45, 2.75) is 40.7 Å². The quantitative estimate of drug-likeness (QED) is 0.618. The molecule has 0 bridgehead atoms. The molecule has 18 heavy (non-hydrogen) atoms. The van der Waals surface area contributed by atoms with Crippen molar-refractivity contribution in [3.63, 3.8) is 0 Å². The molecule has 0 N–H and O–H groups in total. The molecule has 0 amide bonds. The predicted molar refractivity (Wildman–Crippen MR) is 69.1 cm³/mol. The van der Waals surface area contributed by atoms with Crippen LogP contribution >= 0.6 is 0 Å². The first kappa shape index (κ1) is 16.9. The van der Waals surface area contributed by atoms with Gasteiger partial charge in [0, 0.05) is 0 Å². The number of ether oxygens (including phenoxy) is 2. The van der Waals surface area contributed by atoms with Gasteiger partial charge in [0.1, 0.15) is 6.04 Å². The Hall–Kier alpha value is -1.10. The Labute approximate surface area is 109 Å². The molecule has 0 saturated heterocycles. The van der Waals surface area contributed by atoms with Crippen LogP contribution in [0.3, 0.4) is 0 Å². The van der Waals surface area contributed by atoms with Crippen molar-refractivity contribution in [2.24, 2.45) is 5.92 Å². The van der Waals surface area contributed by atoms with E-state index in [1.165, 1.54) is 0 Å². The van der Waals surface area contributed by atoms with Gasteiger partial charge in [-0.2, -0.15) is 0 Å². The zero-order valence-corrected chi connectivity index (χ0v) is 12.1. The molecule has 5 nitrogen and oxygen atoms in total. The summed E-state index contributed by atoms with van der Waals surface area (Å²) in [5.41, 5.74) is 0. The molecule has 0 radical (unpaired) electrons. The third kappa shape index (κ3) is 4.64. The maximum Gasteiger partial charge on any atom is 0.324 e. The summed E-state index contributed by atoms with van der Waals surface area (Å²) in [7, 11) is 0. The van der Waals surface area contributed by atoms with Crippen molar-refractivity contribution in [1.82, 2.24) is 4.90 Å². The highest BCUT2D eigenvalue weighted by Crippen LogP contribution is 2.15. The first-order valence-corrected chi connectivity index (χ1v) is 6.60. The van der Waals surface area contributed by atoms with Crippen LogP contribution in [0.1, 0.15) is 34.6 Å². The molecule has 0 aliphatic carbocycles. The summed E-state index contributed by atoms with van der Waals surface area (Å²) in [5, 5.41) is 0. The normalized spacial score (nSPS) is 14.1. The number of esters is 2. The molecular weight excluding hydrogens is 234 g/mol. The lowest BCUT2D eigenvalue weighted by molar-refractivity contribution is -0.161. The van der Waals surface area contributed by atoms with Gasteiger partial charge in [0.05, 0.1) is 19.1 Å². The molecule has 0 heterocycles. The van der Waals surface area contributed by atoms with Crippen LogP contribution in [0.15, 0.2) is 0 Å². The highest BCUT2D eigenvalue weighted by Gasteiger charge is 2.35. The largest absolute Gasteiger partial charge is 0.466 e. The first-order valence-electron chi connectivity index (χ1n) is 6.60. The van der Waals surface area contributed by atoms with Gasteiger partial charge in [-0.05, 0) is 33.9 Å². The Morgan fingerprint density at radius 2 is 1.39 bits per heavy atom. The Morgan fingerprint density at radius 1 is 0.944 bits per heavy atom. The second-order valence-corrected chi connectivity index (χ2v) is 3.96. The lowest BCUT2D eigenvalue weighted by Gasteiger charge is -2.31. The summed E-state index contributed by atoms with van der Waals surface area (Å²) in [5.74, 6) is -1.24. The topological polar surface area (TPSA) is 55.8 Å². The summed E-state index contributed by atoms with van der Waals surface area (Å²) in [6.07, 6.45) is 0. The van der Waals surface area contributed by atoms with Gasteiger partial charge in [0.2, 0.25) is 0 Å². The van der Waals surface area contributed by atoms with E-state index in [2.05, 4.69) is 0 Å². The highest BCUT2D eigenvalue weighted by molar-refractivity contribution is 5.84. The van der Waals surface area contributed by atoms with Crippen LogP contribution < -0.4 is 0 Å². The predicted octanol–water partition coefficient (Wildman–Crippen LogP) is 1.46. The molecule has 0 saturated carbocycles. The average molecular weight is 259 g/mol. The minimum absolute atomic E-state index is 0.312. The number of likely N-dealkylation sites (N-methyl/N-ethyl adjacent to an activating group) is 1. The minimum atomic E-state index is -0.570. The lowest BCUT2D eigenvalue weighted by Crippen LogP contribution is -2.48. The molecule has 5 heteroatoms. The van der Waals surface area contributed by atoms with Gasteiger partial charge in [0.25, 0.3) is 0 Å². The molecular formula is C13H25NO4. The lowest BCUT2D eigenvalue weighted by atomic mass is 10.0. The van der Waals surface area contributed by atoms with E-state index in [-0.39, 0.29) is 11.9 Å². The van der Waals surface area contributed by atoms with Gasteiger partial charge in [0.15, 0.2) is 0 Å². The smallest absolute Gasteiger partial charge is 0.324 e. The molecule has 0 aromatic heterocycles. The van der Waals surface area contributed by atoms with E-state index in [1.807, 2.05) is 18.7 Å². The fourth-order valence-electron chi connectivity index (χ4n) is 1.92. The Bertz CT molecular complexity index is 264. The van der Waals surface area contributed by atoms with Crippen LogP contribution in [0.2, 0.25) is 0 Å². The van der Waals surface area contributed by atoms with Crippen LogP contribution in [-0.4, -0.2) is 49.2 Å². The fraction of sp³-hybridized carbons (Fsp3) is 0.846. The molecule has 0 aliphatic rings. The van der Waals surface area contributed by atoms with Crippen molar-refractivity contribution in [2.75, 3.05) is 26.3 Å². The molecule has 0 aromatic carbocycles. The molecule has 0 aliphatic heterocycles. The van der Waals surface area contributed by atoms with E-state index in [1.54, 1.807) is 20.8 Å². The SMILES string of the molecule is CCOC(=O)C(C)C(C(=O)OCC)N(CC)CC. The van der Waals surface area contributed by atoms with Crippen LogP contribution in [0.25, 0.3) is 0 Å². The first-order chi connectivity index (χ1) is 8.53. The fourth-order valence-corrected chi connectivity index (χ4v) is 1.92. The van der Waals surface area contributed by atoms with Gasteiger partial charge in [-0.25, -0.2) is 0 Å². The number of carbonyl (C=O) groups excluding carboxylic acids is 2. The minimum Gasteiger partial charge on any atom is -0.466 e. The summed E-state index contributed by atoms with van der Waals surface area (Å²) in [6.45, 7) is 11.1. The molecule has 0 aromatic rings. The van der Waals surface area contributed by atoms with Crippen LogP contribution in [0.4, 0.5) is 0 Å². The molecule has 106 valence electrons. The Morgan fingerprint density at radius 3 is 1.78 bits per heavy atom. The molecule has 0 spiro atoms. The molecule has 0 fully saturated rings. The zero-order valence-electron chi connectivity index (χ0n) is 12.1. The summed E-state index contributed by atoms with van der Waals surface area (Å²) in [4.78, 5) is 25.7. The van der Waals surface area contributed by atoms with Crippen LogP contribution in [-0.2, 0) is 19.1 Å². The van der Waals surface area contributed by atoms with E-state index >= 15 is 0 Å². The van der Waals surface area contributed by atoms with E-state index in [0.29, 0.717) is 26.3 Å². The second kappa shape index (κ2) is 8.91. The van der Waals surface area contributed by atoms with Gasteiger partial charge in [-0.3, -0.25) is 14.5 Å². The number of hydrogen-bond donors (Lipinski definition) is 0. The summed E-state index contributed by atoms with van der Waals surface area (Å²) < 4.78 is 10.0. The standard InChI is InChI=1S/C13H25NO4/c1-6-14(7-2)11(13(16)18-9-4)10(5)12(15)17-8-3/h10-11H,6-9H2,1-5H3. The average Bonchev–Trinajstić information content (AvgIpc) is 2.35. The Kier molecular flexibility index (Phi) is 8.37. The third-order valence-corrected chi connectivity index (χ3v) is 2.87. The van der Waals surface area contributed by atoms with Crippen LogP contribution in [0.5, 0.6) is 0 Å². The van der Waals surface area contributed by atoms with Gasteiger partial charge in [-0.15, -0.1) is 0 Å². The van der Waals surface area contributed by atoms with Crippen molar-refractivity contribution in [1.29, 1.82) is 0 Å². The monoisotopic (exact) mass is 259 g/mol. The van der Waals surface area contributed by atoms with Crippen molar-refractivity contribution < 1.29 is 19.1 Å². The van der Waals surface area contributed by atoms with Crippen molar-refractivity contribution in [3.8, 4) is 0 Å². The summed E-state index contributed by atoms with van der Waals surface area (Å²) >= 11 is 0. The summed E-state index contributed by atoms with van der Waals surface area (Å²) in [6, 6.07) is -0.570.